The van der Waals surface area contributed by atoms with Crippen LogP contribution in [0.15, 0.2) is 48.3 Å². The van der Waals surface area contributed by atoms with Crippen molar-refractivity contribution in [1.82, 2.24) is 4.57 Å². The first-order valence-corrected chi connectivity index (χ1v) is 4.82. The van der Waals surface area contributed by atoms with Crippen molar-refractivity contribution in [2.45, 2.75) is 18.9 Å². The Kier molecular flexibility index (Phi) is 1.20. The van der Waals surface area contributed by atoms with Crippen molar-refractivity contribution < 1.29 is 0 Å². The second kappa shape index (κ2) is 2.16. The molecule has 1 nitrogen and oxygen atoms in total. The molecule has 2 atom stereocenters. The van der Waals surface area contributed by atoms with E-state index in [1.807, 2.05) is 0 Å². The van der Waals surface area contributed by atoms with Gasteiger partial charge in [-0.1, -0.05) is 23.8 Å². The van der Waals surface area contributed by atoms with Gasteiger partial charge in [0.1, 0.15) is 0 Å². The first-order valence-electron chi connectivity index (χ1n) is 4.82. The van der Waals surface area contributed by atoms with Crippen molar-refractivity contribution in [3.63, 3.8) is 0 Å². The van der Waals surface area contributed by atoms with Gasteiger partial charge in [-0.3, -0.25) is 0 Å². The highest BCUT2D eigenvalue weighted by Gasteiger charge is 2.53. The van der Waals surface area contributed by atoms with Gasteiger partial charge in [0, 0.05) is 18.3 Å². The molecule has 1 fully saturated rings. The summed E-state index contributed by atoms with van der Waals surface area (Å²) in [4.78, 5) is 0. The number of hydrogen-bond acceptors (Lipinski definition) is 0. The van der Waals surface area contributed by atoms with E-state index in [4.69, 9.17) is 0 Å². The van der Waals surface area contributed by atoms with Gasteiger partial charge >= 0.3 is 0 Å². The van der Waals surface area contributed by atoms with Gasteiger partial charge < -0.3 is 4.57 Å². The zero-order valence-corrected chi connectivity index (χ0v) is 7.77. The molecular formula is C12H13N. The standard InChI is InChI=1S/C12H13N/c1-10-4-5-12(9-11(12)8-10)13-6-2-3-7-13/h2-8,11H,9H2,1H3. The Morgan fingerprint density at radius 1 is 1.38 bits per heavy atom. The highest BCUT2D eigenvalue weighted by Crippen LogP contribution is 2.54. The molecule has 66 valence electrons. The summed E-state index contributed by atoms with van der Waals surface area (Å²) in [6.45, 7) is 2.17. The molecule has 1 heterocycles. The van der Waals surface area contributed by atoms with E-state index in [1.165, 1.54) is 12.0 Å². The summed E-state index contributed by atoms with van der Waals surface area (Å²) < 4.78 is 2.33. The monoisotopic (exact) mass is 171 g/mol. The van der Waals surface area contributed by atoms with E-state index in [0.717, 1.165) is 5.92 Å². The Morgan fingerprint density at radius 2 is 2.15 bits per heavy atom. The average molecular weight is 171 g/mol. The largest absolute Gasteiger partial charge is 0.344 e. The van der Waals surface area contributed by atoms with E-state index in [-0.39, 0.29) is 0 Å². The molecule has 13 heavy (non-hydrogen) atoms. The molecule has 1 aromatic rings. The molecule has 2 unspecified atom stereocenters. The van der Waals surface area contributed by atoms with Crippen LogP contribution in [-0.4, -0.2) is 4.57 Å². The third-order valence-electron chi connectivity index (χ3n) is 3.21. The smallest absolute Gasteiger partial charge is 0.0695 e. The lowest BCUT2D eigenvalue weighted by Gasteiger charge is -2.17. The molecule has 3 rings (SSSR count). The Labute approximate surface area is 78.4 Å². The maximum absolute atomic E-state index is 2.39. The molecule has 0 saturated heterocycles. The van der Waals surface area contributed by atoms with Crippen molar-refractivity contribution in [3.8, 4) is 0 Å². The van der Waals surface area contributed by atoms with Crippen LogP contribution < -0.4 is 0 Å². The third kappa shape index (κ3) is 0.873. The van der Waals surface area contributed by atoms with Crippen molar-refractivity contribution in [2.24, 2.45) is 5.92 Å². The summed E-state index contributed by atoms with van der Waals surface area (Å²) >= 11 is 0. The summed E-state index contributed by atoms with van der Waals surface area (Å²) in [7, 11) is 0. The fourth-order valence-electron chi connectivity index (χ4n) is 2.33. The minimum atomic E-state index is 0.309. The first-order chi connectivity index (χ1) is 6.31. The maximum atomic E-state index is 2.39. The van der Waals surface area contributed by atoms with Crippen molar-refractivity contribution >= 4 is 0 Å². The summed E-state index contributed by atoms with van der Waals surface area (Å²) in [6, 6.07) is 4.20. The van der Waals surface area contributed by atoms with E-state index in [0.29, 0.717) is 5.54 Å². The van der Waals surface area contributed by atoms with E-state index in [2.05, 4.69) is 54.2 Å². The number of hydrogen-bond donors (Lipinski definition) is 0. The predicted molar refractivity (Wildman–Crippen MR) is 53.4 cm³/mol. The van der Waals surface area contributed by atoms with Crippen molar-refractivity contribution in [3.05, 3.63) is 48.3 Å². The Bertz CT molecular complexity index is 383. The SMILES string of the molecule is CC1=CC2CC2(n2cccc2)C=C1. The summed E-state index contributed by atoms with van der Waals surface area (Å²) in [5.41, 5.74) is 1.72. The Hall–Kier alpha value is -1.24. The van der Waals surface area contributed by atoms with E-state index < -0.39 is 0 Å². The van der Waals surface area contributed by atoms with Gasteiger partial charge in [-0.05, 0) is 25.5 Å². The van der Waals surface area contributed by atoms with Crippen molar-refractivity contribution in [1.29, 1.82) is 0 Å². The second-order valence-corrected chi connectivity index (χ2v) is 4.14. The first kappa shape index (κ1) is 7.19. The molecule has 0 spiro atoms. The lowest BCUT2D eigenvalue weighted by Crippen LogP contribution is -2.16. The van der Waals surface area contributed by atoms with Gasteiger partial charge in [-0.2, -0.15) is 0 Å². The molecule has 0 aromatic carbocycles. The molecule has 0 radical (unpaired) electrons. The Balaban J connectivity index is 2.02. The highest BCUT2D eigenvalue weighted by molar-refractivity contribution is 5.37. The van der Waals surface area contributed by atoms with Gasteiger partial charge in [-0.25, -0.2) is 0 Å². The molecule has 1 aromatic heterocycles. The average Bonchev–Trinajstić information content (AvgIpc) is 2.63. The van der Waals surface area contributed by atoms with Crippen LogP contribution in [-0.2, 0) is 5.54 Å². The lowest BCUT2D eigenvalue weighted by atomic mass is 10.0. The molecule has 1 saturated carbocycles. The number of nitrogens with zero attached hydrogens (tertiary/aromatic N) is 1. The maximum Gasteiger partial charge on any atom is 0.0695 e. The van der Waals surface area contributed by atoms with Crippen LogP contribution in [0.25, 0.3) is 0 Å². The van der Waals surface area contributed by atoms with Gasteiger partial charge in [0.15, 0.2) is 0 Å². The molecule has 0 bridgehead atoms. The quantitative estimate of drug-likeness (QED) is 0.612. The van der Waals surface area contributed by atoms with Crippen LogP contribution in [0.1, 0.15) is 13.3 Å². The normalized spacial score (nSPS) is 35.5. The van der Waals surface area contributed by atoms with E-state index >= 15 is 0 Å². The van der Waals surface area contributed by atoms with Gasteiger partial charge in [0.2, 0.25) is 0 Å². The highest BCUT2D eigenvalue weighted by atomic mass is 15.1. The third-order valence-corrected chi connectivity index (χ3v) is 3.21. The van der Waals surface area contributed by atoms with Gasteiger partial charge in [-0.15, -0.1) is 0 Å². The van der Waals surface area contributed by atoms with Gasteiger partial charge in [0.05, 0.1) is 5.54 Å². The second-order valence-electron chi connectivity index (χ2n) is 4.14. The summed E-state index contributed by atoms with van der Waals surface area (Å²) in [6.07, 6.45) is 12.6. The minimum absolute atomic E-state index is 0.309. The van der Waals surface area contributed by atoms with E-state index in [9.17, 15) is 0 Å². The van der Waals surface area contributed by atoms with Gasteiger partial charge in [0.25, 0.3) is 0 Å². The Morgan fingerprint density at radius 3 is 2.85 bits per heavy atom. The molecular weight excluding hydrogens is 158 g/mol. The topological polar surface area (TPSA) is 4.93 Å². The van der Waals surface area contributed by atoms with Crippen LogP contribution in [0.4, 0.5) is 0 Å². The molecule has 0 N–H and O–H groups in total. The minimum Gasteiger partial charge on any atom is -0.344 e. The van der Waals surface area contributed by atoms with E-state index in [1.54, 1.807) is 0 Å². The number of rotatable bonds is 1. The van der Waals surface area contributed by atoms with Crippen LogP contribution in [0.2, 0.25) is 0 Å². The van der Waals surface area contributed by atoms with Crippen LogP contribution in [0.5, 0.6) is 0 Å². The predicted octanol–water partition coefficient (Wildman–Crippen LogP) is 2.72. The molecule has 0 amide bonds. The van der Waals surface area contributed by atoms with Crippen LogP contribution in [0, 0.1) is 5.92 Å². The molecule has 0 aliphatic heterocycles. The van der Waals surface area contributed by atoms with Crippen LogP contribution in [0.3, 0.4) is 0 Å². The fraction of sp³-hybridized carbons (Fsp3) is 0.333. The zero-order chi connectivity index (χ0) is 8.89. The fourth-order valence-corrected chi connectivity index (χ4v) is 2.33. The molecule has 2 aliphatic rings. The number of allylic oxidation sites excluding steroid dienone is 4. The number of aromatic nitrogens is 1. The lowest BCUT2D eigenvalue weighted by molar-refractivity contribution is 0.563. The molecule has 1 heteroatoms. The number of fused-ring (bicyclic) bond motifs is 1. The summed E-state index contributed by atoms with van der Waals surface area (Å²) in [5.74, 6) is 0.741. The van der Waals surface area contributed by atoms with Crippen molar-refractivity contribution in [2.75, 3.05) is 0 Å². The zero-order valence-electron chi connectivity index (χ0n) is 7.77. The molecule has 2 aliphatic carbocycles. The van der Waals surface area contributed by atoms with Crippen LogP contribution >= 0.6 is 0 Å². The summed E-state index contributed by atoms with van der Waals surface area (Å²) in [5, 5.41) is 0.